The molecule has 1 aromatic heterocycles. The van der Waals surface area contributed by atoms with E-state index in [9.17, 15) is 9.59 Å². The Balaban J connectivity index is 2.07. The lowest BCUT2D eigenvalue weighted by Gasteiger charge is -2.23. The largest absolute Gasteiger partial charge is 0.316 e. The number of aromatic amines is 2. The molecule has 1 fully saturated rings. The topological polar surface area (TPSA) is 77.8 Å². The van der Waals surface area contributed by atoms with Gasteiger partial charge in [0.1, 0.15) is 0 Å². The fourth-order valence-electron chi connectivity index (χ4n) is 2.52. The quantitative estimate of drug-likeness (QED) is 0.647. The van der Waals surface area contributed by atoms with E-state index in [2.05, 4.69) is 15.3 Å². The average Bonchev–Trinajstić information content (AvgIpc) is 2.41. The molecule has 5 nitrogen and oxygen atoms in total. The second kappa shape index (κ2) is 4.42. The van der Waals surface area contributed by atoms with Crippen molar-refractivity contribution in [2.45, 2.75) is 18.8 Å². The zero-order chi connectivity index (χ0) is 12.5. The van der Waals surface area contributed by atoms with Crippen molar-refractivity contribution >= 4 is 11.0 Å². The highest BCUT2D eigenvalue weighted by Gasteiger charge is 2.15. The van der Waals surface area contributed by atoms with Crippen LogP contribution in [0.4, 0.5) is 0 Å². The molecule has 0 aliphatic carbocycles. The third-order valence-corrected chi connectivity index (χ3v) is 3.51. The normalized spacial score (nSPS) is 20.1. The Kier molecular flexibility index (Phi) is 2.76. The Labute approximate surface area is 103 Å². The van der Waals surface area contributed by atoms with E-state index in [1.165, 1.54) is 12.0 Å². The number of benzene rings is 1. The fraction of sp³-hybridized carbons (Fsp3) is 0.385. The monoisotopic (exact) mass is 245 g/mol. The molecule has 5 heteroatoms. The summed E-state index contributed by atoms with van der Waals surface area (Å²) < 4.78 is 0. The van der Waals surface area contributed by atoms with Crippen LogP contribution in [-0.2, 0) is 0 Å². The number of fused-ring (bicyclic) bond motifs is 1. The van der Waals surface area contributed by atoms with Gasteiger partial charge >= 0.3 is 11.1 Å². The van der Waals surface area contributed by atoms with Crippen LogP contribution < -0.4 is 16.4 Å². The molecule has 0 bridgehead atoms. The highest BCUT2D eigenvalue weighted by atomic mass is 16.2. The summed E-state index contributed by atoms with van der Waals surface area (Å²) >= 11 is 0. The molecule has 1 aromatic carbocycles. The van der Waals surface area contributed by atoms with Crippen molar-refractivity contribution < 1.29 is 0 Å². The smallest absolute Gasteiger partial charge is 0.314 e. The summed E-state index contributed by atoms with van der Waals surface area (Å²) in [5.74, 6) is 0.485. The molecule has 2 heterocycles. The summed E-state index contributed by atoms with van der Waals surface area (Å²) in [6.45, 7) is 2.05. The molecule has 0 spiro atoms. The summed E-state index contributed by atoms with van der Waals surface area (Å²) in [6, 6.07) is 5.84. The highest BCUT2D eigenvalue weighted by Crippen LogP contribution is 2.24. The van der Waals surface area contributed by atoms with Gasteiger partial charge in [0.2, 0.25) is 0 Å². The second-order valence-corrected chi connectivity index (χ2v) is 4.76. The lowest BCUT2D eigenvalue weighted by atomic mass is 9.91. The lowest BCUT2D eigenvalue weighted by molar-refractivity contribution is 0.462. The van der Waals surface area contributed by atoms with Gasteiger partial charge in [0.15, 0.2) is 0 Å². The van der Waals surface area contributed by atoms with Crippen LogP contribution in [0.3, 0.4) is 0 Å². The van der Waals surface area contributed by atoms with Crippen LogP contribution in [-0.4, -0.2) is 23.1 Å². The molecule has 1 saturated heterocycles. The Morgan fingerprint density at radius 3 is 2.56 bits per heavy atom. The first-order valence-corrected chi connectivity index (χ1v) is 6.21. The number of rotatable bonds is 1. The van der Waals surface area contributed by atoms with E-state index in [1.54, 1.807) is 0 Å². The minimum absolute atomic E-state index is 0.485. The van der Waals surface area contributed by atoms with Crippen molar-refractivity contribution in [1.82, 2.24) is 15.3 Å². The SMILES string of the molecule is O=c1[nH]c2ccc(C3CCCNC3)cc2[nH]c1=O. The van der Waals surface area contributed by atoms with Crippen LogP contribution in [0.1, 0.15) is 24.3 Å². The molecule has 3 rings (SSSR count). The summed E-state index contributed by atoms with van der Waals surface area (Å²) in [4.78, 5) is 27.7. The molecule has 1 aliphatic heterocycles. The van der Waals surface area contributed by atoms with Crippen molar-refractivity contribution in [3.8, 4) is 0 Å². The molecule has 1 unspecified atom stereocenters. The summed E-state index contributed by atoms with van der Waals surface area (Å²) in [6.07, 6.45) is 2.33. The Hall–Kier alpha value is -1.88. The van der Waals surface area contributed by atoms with Crippen molar-refractivity contribution in [3.05, 3.63) is 44.5 Å². The number of aromatic nitrogens is 2. The Morgan fingerprint density at radius 2 is 1.83 bits per heavy atom. The molecular weight excluding hydrogens is 230 g/mol. The van der Waals surface area contributed by atoms with Gasteiger partial charge in [-0.1, -0.05) is 6.07 Å². The van der Waals surface area contributed by atoms with Gasteiger partial charge in [0.05, 0.1) is 11.0 Å². The zero-order valence-corrected chi connectivity index (χ0v) is 9.95. The van der Waals surface area contributed by atoms with Gasteiger partial charge in [0.25, 0.3) is 0 Å². The van der Waals surface area contributed by atoms with Gasteiger partial charge in [-0.15, -0.1) is 0 Å². The van der Waals surface area contributed by atoms with Gasteiger partial charge in [-0.3, -0.25) is 9.59 Å². The average molecular weight is 245 g/mol. The maximum absolute atomic E-state index is 11.3. The van der Waals surface area contributed by atoms with Gasteiger partial charge in [0, 0.05) is 6.54 Å². The Morgan fingerprint density at radius 1 is 1.06 bits per heavy atom. The molecule has 0 radical (unpaired) electrons. The first kappa shape index (κ1) is 11.2. The molecule has 0 amide bonds. The maximum Gasteiger partial charge on any atom is 0.314 e. The van der Waals surface area contributed by atoms with E-state index < -0.39 is 11.1 Å². The van der Waals surface area contributed by atoms with Crippen LogP contribution >= 0.6 is 0 Å². The minimum atomic E-state index is -0.602. The van der Waals surface area contributed by atoms with Crippen molar-refractivity contribution in [2.75, 3.05) is 13.1 Å². The molecule has 2 aromatic rings. The maximum atomic E-state index is 11.3. The number of H-pyrrole nitrogens is 2. The predicted octanol–water partition coefficient (Wildman–Crippen LogP) is 0.683. The molecule has 18 heavy (non-hydrogen) atoms. The van der Waals surface area contributed by atoms with E-state index in [1.807, 2.05) is 18.2 Å². The first-order valence-electron chi connectivity index (χ1n) is 6.21. The standard InChI is InChI=1S/C13H15N3O2/c17-12-13(18)16-11-6-8(3-4-10(11)15-12)9-2-1-5-14-7-9/h3-4,6,9,14H,1-2,5,7H2,(H,15,17)(H,16,18). The summed E-state index contributed by atoms with van der Waals surface area (Å²) in [7, 11) is 0. The van der Waals surface area contributed by atoms with E-state index in [0.717, 1.165) is 19.5 Å². The Bertz CT molecular complexity index is 680. The fourth-order valence-corrected chi connectivity index (χ4v) is 2.52. The van der Waals surface area contributed by atoms with Gasteiger partial charge < -0.3 is 15.3 Å². The van der Waals surface area contributed by atoms with Crippen LogP contribution in [0, 0.1) is 0 Å². The minimum Gasteiger partial charge on any atom is -0.316 e. The molecular formula is C13H15N3O2. The molecule has 0 saturated carbocycles. The van der Waals surface area contributed by atoms with E-state index >= 15 is 0 Å². The number of piperidine rings is 1. The van der Waals surface area contributed by atoms with E-state index in [-0.39, 0.29) is 0 Å². The number of hydrogen-bond acceptors (Lipinski definition) is 3. The van der Waals surface area contributed by atoms with E-state index in [0.29, 0.717) is 17.0 Å². The molecule has 94 valence electrons. The van der Waals surface area contributed by atoms with Crippen LogP contribution in [0.5, 0.6) is 0 Å². The second-order valence-electron chi connectivity index (χ2n) is 4.76. The van der Waals surface area contributed by atoms with Gasteiger partial charge in [-0.25, -0.2) is 0 Å². The third-order valence-electron chi connectivity index (χ3n) is 3.51. The van der Waals surface area contributed by atoms with Crippen molar-refractivity contribution in [3.63, 3.8) is 0 Å². The van der Waals surface area contributed by atoms with Crippen molar-refractivity contribution in [1.29, 1.82) is 0 Å². The van der Waals surface area contributed by atoms with Gasteiger partial charge in [-0.05, 0) is 43.0 Å². The van der Waals surface area contributed by atoms with Crippen molar-refractivity contribution in [2.24, 2.45) is 0 Å². The van der Waals surface area contributed by atoms with Crippen LogP contribution in [0.2, 0.25) is 0 Å². The van der Waals surface area contributed by atoms with Crippen LogP contribution in [0.15, 0.2) is 27.8 Å². The highest BCUT2D eigenvalue weighted by molar-refractivity contribution is 5.74. The van der Waals surface area contributed by atoms with E-state index in [4.69, 9.17) is 0 Å². The molecule has 1 aliphatic rings. The lowest BCUT2D eigenvalue weighted by Crippen LogP contribution is -2.29. The molecule has 3 N–H and O–H groups in total. The first-order chi connectivity index (χ1) is 8.74. The number of nitrogens with one attached hydrogen (secondary N) is 3. The summed E-state index contributed by atoms with van der Waals surface area (Å²) in [5, 5.41) is 3.37. The summed E-state index contributed by atoms with van der Waals surface area (Å²) in [5.41, 5.74) is 1.38. The van der Waals surface area contributed by atoms with Gasteiger partial charge in [-0.2, -0.15) is 0 Å². The third kappa shape index (κ3) is 1.97. The number of hydrogen-bond donors (Lipinski definition) is 3. The zero-order valence-electron chi connectivity index (χ0n) is 9.95. The predicted molar refractivity (Wildman–Crippen MR) is 70.0 cm³/mol. The van der Waals surface area contributed by atoms with Crippen LogP contribution in [0.25, 0.3) is 11.0 Å². The molecule has 1 atom stereocenters.